The number of nitrogens with zero attached hydrogens (tertiary/aromatic N) is 3. The lowest BCUT2D eigenvalue weighted by atomic mass is 10.1. The number of nitrogen functional groups attached to an aromatic ring is 1. The van der Waals surface area contributed by atoms with Crippen molar-refractivity contribution in [3.05, 3.63) is 47.8 Å². The second kappa shape index (κ2) is 5.58. The van der Waals surface area contributed by atoms with Gasteiger partial charge < -0.3 is 11.1 Å². The standard InChI is InChI=1S/C14H13N5O2/c15-13-12(18-21-19-13)14(20)17-8-6-10-4-1-3-9-5-2-7-16-11(9)10/h1-5,7H,6,8H2,(H2,15,19)(H,17,20). The van der Waals surface area contributed by atoms with Gasteiger partial charge in [0.2, 0.25) is 11.5 Å². The molecule has 7 heteroatoms. The van der Waals surface area contributed by atoms with Crippen molar-refractivity contribution in [1.29, 1.82) is 0 Å². The van der Waals surface area contributed by atoms with Crippen molar-refractivity contribution >= 4 is 22.6 Å². The number of aromatic nitrogens is 3. The predicted octanol–water partition coefficient (Wildman–Crippen LogP) is 1.17. The van der Waals surface area contributed by atoms with Crippen LogP contribution in [0, 0.1) is 0 Å². The summed E-state index contributed by atoms with van der Waals surface area (Å²) < 4.78 is 4.39. The molecule has 7 nitrogen and oxygen atoms in total. The number of fused-ring (bicyclic) bond motifs is 1. The smallest absolute Gasteiger partial charge is 0.277 e. The molecule has 0 aliphatic rings. The first-order valence-corrected chi connectivity index (χ1v) is 6.44. The molecule has 0 saturated carbocycles. The lowest BCUT2D eigenvalue weighted by molar-refractivity contribution is 0.0945. The Kier molecular flexibility index (Phi) is 3.46. The minimum Gasteiger partial charge on any atom is -0.379 e. The van der Waals surface area contributed by atoms with Crippen molar-refractivity contribution in [3.63, 3.8) is 0 Å². The normalized spacial score (nSPS) is 10.7. The van der Waals surface area contributed by atoms with E-state index in [-0.39, 0.29) is 11.5 Å². The fourth-order valence-corrected chi connectivity index (χ4v) is 2.12. The summed E-state index contributed by atoms with van der Waals surface area (Å²) in [6.45, 7) is 0.445. The van der Waals surface area contributed by atoms with Crippen LogP contribution in [0.5, 0.6) is 0 Å². The Morgan fingerprint density at radius 1 is 1.24 bits per heavy atom. The fraction of sp³-hybridized carbons (Fsp3) is 0.143. The van der Waals surface area contributed by atoms with Crippen molar-refractivity contribution in [2.75, 3.05) is 12.3 Å². The molecular formula is C14H13N5O2. The van der Waals surface area contributed by atoms with Gasteiger partial charge in [0.05, 0.1) is 5.52 Å². The van der Waals surface area contributed by atoms with E-state index in [0.717, 1.165) is 16.5 Å². The van der Waals surface area contributed by atoms with Gasteiger partial charge in [0.15, 0.2) is 0 Å². The van der Waals surface area contributed by atoms with E-state index in [1.54, 1.807) is 6.20 Å². The maximum absolute atomic E-state index is 11.8. The van der Waals surface area contributed by atoms with Crippen molar-refractivity contribution < 1.29 is 9.42 Å². The number of nitrogens with one attached hydrogen (secondary N) is 1. The number of para-hydroxylation sites is 1. The van der Waals surface area contributed by atoms with E-state index in [9.17, 15) is 4.79 Å². The predicted molar refractivity (Wildman–Crippen MR) is 76.5 cm³/mol. The van der Waals surface area contributed by atoms with Crippen LogP contribution in [0.25, 0.3) is 10.9 Å². The molecule has 0 spiro atoms. The number of carbonyl (C=O) groups is 1. The third kappa shape index (κ3) is 2.66. The van der Waals surface area contributed by atoms with Crippen LogP contribution in [0.2, 0.25) is 0 Å². The monoisotopic (exact) mass is 283 g/mol. The number of amides is 1. The number of benzene rings is 1. The first kappa shape index (κ1) is 13.0. The Balaban J connectivity index is 1.67. The molecule has 0 unspecified atom stereocenters. The summed E-state index contributed by atoms with van der Waals surface area (Å²) in [5.74, 6) is -0.415. The van der Waals surface area contributed by atoms with Gasteiger partial charge in [-0.2, -0.15) is 0 Å². The molecule has 0 aliphatic heterocycles. The minimum absolute atomic E-state index is 0.00560. The van der Waals surface area contributed by atoms with Gasteiger partial charge >= 0.3 is 0 Å². The zero-order valence-corrected chi connectivity index (χ0v) is 11.1. The van der Waals surface area contributed by atoms with E-state index in [2.05, 4.69) is 25.2 Å². The summed E-state index contributed by atoms with van der Waals surface area (Å²) in [5, 5.41) is 10.6. The molecule has 3 aromatic rings. The van der Waals surface area contributed by atoms with Crippen LogP contribution in [0.1, 0.15) is 16.1 Å². The molecule has 0 radical (unpaired) electrons. The second-order valence-electron chi connectivity index (χ2n) is 4.50. The highest BCUT2D eigenvalue weighted by atomic mass is 16.6. The minimum atomic E-state index is -0.401. The van der Waals surface area contributed by atoms with Gasteiger partial charge in [0.25, 0.3) is 5.91 Å². The number of hydrogen-bond acceptors (Lipinski definition) is 6. The first-order valence-electron chi connectivity index (χ1n) is 6.44. The Hall–Kier alpha value is -2.96. The molecule has 1 aromatic carbocycles. The van der Waals surface area contributed by atoms with Gasteiger partial charge in [0.1, 0.15) is 0 Å². The number of hydrogen-bond donors (Lipinski definition) is 2. The van der Waals surface area contributed by atoms with Gasteiger partial charge in [-0.3, -0.25) is 9.78 Å². The molecule has 3 N–H and O–H groups in total. The van der Waals surface area contributed by atoms with Gasteiger partial charge in [-0.05, 0) is 28.4 Å². The lowest BCUT2D eigenvalue weighted by Crippen LogP contribution is -2.26. The Morgan fingerprint density at radius 2 is 2.10 bits per heavy atom. The molecule has 0 fully saturated rings. The second-order valence-corrected chi connectivity index (χ2v) is 4.50. The summed E-state index contributed by atoms with van der Waals surface area (Å²) in [6.07, 6.45) is 2.41. The Labute approximate surface area is 120 Å². The molecule has 0 saturated heterocycles. The molecule has 2 heterocycles. The largest absolute Gasteiger partial charge is 0.379 e. The maximum atomic E-state index is 11.8. The highest BCUT2D eigenvalue weighted by molar-refractivity contribution is 5.96. The highest BCUT2D eigenvalue weighted by Gasteiger charge is 2.15. The van der Waals surface area contributed by atoms with Crippen LogP contribution in [0.3, 0.4) is 0 Å². The van der Waals surface area contributed by atoms with Crippen LogP contribution < -0.4 is 11.1 Å². The summed E-state index contributed by atoms with van der Waals surface area (Å²) in [6, 6.07) is 9.88. The maximum Gasteiger partial charge on any atom is 0.277 e. The summed E-state index contributed by atoms with van der Waals surface area (Å²) in [7, 11) is 0. The van der Waals surface area contributed by atoms with E-state index in [1.807, 2.05) is 30.3 Å². The molecule has 1 amide bonds. The van der Waals surface area contributed by atoms with Gasteiger partial charge in [0, 0.05) is 18.1 Å². The fourth-order valence-electron chi connectivity index (χ4n) is 2.12. The number of carbonyl (C=O) groups excluding carboxylic acids is 1. The van der Waals surface area contributed by atoms with E-state index in [0.29, 0.717) is 13.0 Å². The van der Waals surface area contributed by atoms with E-state index < -0.39 is 5.91 Å². The van der Waals surface area contributed by atoms with Gasteiger partial charge in [-0.1, -0.05) is 24.3 Å². The van der Waals surface area contributed by atoms with Crippen molar-refractivity contribution in [2.24, 2.45) is 0 Å². The van der Waals surface area contributed by atoms with Crippen LogP contribution in [-0.2, 0) is 6.42 Å². The van der Waals surface area contributed by atoms with Crippen LogP contribution >= 0.6 is 0 Å². The highest BCUT2D eigenvalue weighted by Crippen LogP contribution is 2.16. The molecule has 0 bridgehead atoms. The van der Waals surface area contributed by atoms with Crippen LogP contribution in [-0.4, -0.2) is 27.7 Å². The Morgan fingerprint density at radius 3 is 2.90 bits per heavy atom. The van der Waals surface area contributed by atoms with E-state index in [4.69, 9.17) is 5.73 Å². The van der Waals surface area contributed by atoms with E-state index >= 15 is 0 Å². The molecule has 0 atom stereocenters. The lowest BCUT2D eigenvalue weighted by Gasteiger charge is -2.06. The average Bonchev–Trinajstić information content (AvgIpc) is 2.93. The number of pyridine rings is 1. The Bertz CT molecular complexity index is 778. The van der Waals surface area contributed by atoms with Crippen LogP contribution in [0.15, 0.2) is 41.2 Å². The first-order chi connectivity index (χ1) is 10.3. The zero-order valence-electron chi connectivity index (χ0n) is 11.1. The van der Waals surface area contributed by atoms with Gasteiger partial charge in [-0.25, -0.2) is 4.63 Å². The number of anilines is 1. The molecule has 2 aromatic heterocycles. The number of nitrogens with two attached hydrogens (primary N) is 1. The number of rotatable bonds is 4. The molecule has 0 aliphatic carbocycles. The molecule has 21 heavy (non-hydrogen) atoms. The molecule has 3 rings (SSSR count). The van der Waals surface area contributed by atoms with Gasteiger partial charge in [-0.15, -0.1) is 0 Å². The molecule has 106 valence electrons. The third-order valence-electron chi connectivity index (χ3n) is 3.13. The summed E-state index contributed by atoms with van der Waals surface area (Å²) >= 11 is 0. The van der Waals surface area contributed by atoms with E-state index in [1.165, 1.54) is 0 Å². The zero-order chi connectivity index (χ0) is 14.7. The van der Waals surface area contributed by atoms with Crippen molar-refractivity contribution in [2.45, 2.75) is 6.42 Å². The summed E-state index contributed by atoms with van der Waals surface area (Å²) in [5.41, 5.74) is 7.48. The third-order valence-corrected chi connectivity index (χ3v) is 3.13. The van der Waals surface area contributed by atoms with Crippen molar-refractivity contribution in [1.82, 2.24) is 20.6 Å². The van der Waals surface area contributed by atoms with Crippen LogP contribution in [0.4, 0.5) is 5.82 Å². The quantitative estimate of drug-likeness (QED) is 0.744. The topological polar surface area (TPSA) is 107 Å². The van der Waals surface area contributed by atoms with Crippen molar-refractivity contribution in [3.8, 4) is 0 Å². The molecular weight excluding hydrogens is 270 g/mol. The summed E-state index contributed by atoms with van der Waals surface area (Å²) in [4.78, 5) is 16.2. The average molecular weight is 283 g/mol. The SMILES string of the molecule is Nc1nonc1C(=O)NCCc1cccc2cccnc12.